The van der Waals surface area contributed by atoms with Crippen LogP contribution < -0.4 is 10.0 Å². The first-order chi connectivity index (χ1) is 19.5. The van der Waals surface area contributed by atoms with Gasteiger partial charge < -0.3 is 20.1 Å². The smallest absolute Gasteiger partial charge is 0.408 e. The summed E-state index contributed by atoms with van der Waals surface area (Å²) in [5, 5.41) is 9.42. The summed E-state index contributed by atoms with van der Waals surface area (Å²) in [6, 6.07) is 21.9. The molecule has 0 radical (unpaired) electrons. The molecule has 2 atom stereocenters. The normalized spacial score (nSPS) is 16.2. The van der Waals surface area contributed by atoms with Crippen molar-refractivity contribution in [3.8, 4) is 0 Å². The van der Waals surface area contributed by atoms with Crippen LogP contribution in [0, 0.1) is 6.92 Å². The number of aryl methyl sites for hydroxylation is 1. The minimum atomic E-state index is -3.74. The number of nitrogens with one attached hydrogen (secondary N) is 3. The summed E-state index contributed by atoms with van der Waals surface area (Å²) in [5.41, 5.74) is 4.69. The van der Waals surface area contributed by atoms with Crippen LogP contribution in [0.3, 0.4) is 0 Å². The molecule has 0 spiro atoms. The van der Waals surface area contributed by atoms with Crippen LogP contribution in [0.1, 0.15) is 52.7 Å². The highest BCUT2D eigenvalue weighted by atomic mass is 32.2. The Balaban J connectivity index is 0.000000909. The van der Waals surface area contributed by atoms with Gasteiger partial charge in [-0.3, -0.25) is 14.3 Å². The van der Waals surface area contributed by atoms with Gasteiger partial charge >= 0.3 is 6.09 Å². The zero-order valence-corrected chi connectivity index (χ0v) is 23.3. The Morgan fingerprint density at radius 2 is 1.76 bits per heavy atom. The number of sulfonamides is 1. The molecule has 1 aliphatic rings. The molecule has 0 aliphatic carbocycles. The maximum Gasteiger partial charge on any atom is 0.408 e. The minimum Gasteiger partial charge on any atom is -0.481 e. The lowest BCUT2D eigenvalue weighted by atomic mass is 9.97. The van der Waals surface area contributed by atoms with Gasteiger partial charge in [0.2, 0.25) is 15.9 Å². The Labute approximate surface area is 237 Å². The van der Waals surface area contributed by atoms with Crippen LogP contribution in [-0.4, -0.2) is 41.5 Å². The number of benzene rings is 3. The monoisotopic (exact) mass is 578 g/mol. The average Bonchev–Trinajstić information content (AvgIpc) is 3.46. The number of imidazole rings is 1. The number of carbonyl (C=O) groups excluding carboxylic acids is 2. The van der Waals surface area contributed by atoms with Gasteiger partial charge in [-0.15, -0.1) is 0 Å². The Kier molecular flexibility index (Phi) is 9.03. The molecule has 0 bridgehead atoms. The standard InChI is InChI=1S/C27H26N4O5S.C2H4O2/c1-17-13-19(11-12-20(17)24-15-25(32)31-37(24,34)35)14-23(26-28-21-9-5-6-10-22(21)29-26)30-27(33)36-16-18-7-3-2-4-8-18;1-2(3)4/h2-13,23-24H,14-16H2,1H3,(H,28,29)(H,30,33)(H,31,32);1H3,(H,3,4)/t23-,24?;/m0./s1. The van der Waals surface area contributed by atoms with Crippen molar-refractivity contribution in [3.05, 3.63) is 101 Å². The molecule has 214 valence electrons. The number of H-pyrrole nitrogens is 1. The van der Waals surface area contributed by atoms with Gasteiger partial charge in [-0.2, -0.15) is 0 Å². The number of alkyl carbamates (subject to hydrolysis) is 1. The lowest BCUT2D eigenvalue weighted by Crippen LogP contribution is -2.31. The van der Waals surface area contributed by atoms with E-state index in [1.807, 2.05) is 73.7 Å². The van der Waals surface area contributed by atoms with Crippen molar-refractivity contribution < 1.29 is 32.6 Å². The molecule has 4 aromatic rings. The molecule has 5 rings (SSSR count). The van der Waals surface area contributed by atoms with Crippen LogP contribution in [0.15, 0.2) is 72.8 Å². The van der Waals surface area contributed by atoms with Crippen molar-refractivity contribution in [3.63, 3.8) is 0 Å². The number of rotatable bonds is 7. The molecule has 2 amide bonds. The van der Waals surface area contributed by atoms with Crippen molar-refractivity contribution in [1.82, 2.24) is 20.0 Å². The van der Waals surface area contributed by atoms with E-state index in [9.17, 15) is 18.0 Å². The van der Waals surface area contributed by atoms with Crippen LogP contribution in [0.4, 0.5) is 4.79 Å². The second kappa shape index (κ2) is 12.6. The predicted molar refractivity (Wildman–Crippen MR) is 151 cm³/mol. The maximum atomic E-state index is 12.7. The molecule has 1 aliphatic heterocycles. The molecule has 3 aromatic carbocycles. The van der Waals surface area contributed by atoms with Crippen molar-refractivity contribution >= 4 is 39.0 Å². The topological polar surface area (TPSA) is 168 Å². The van der Waals surface area contributed by atoms with Crippen LogP contribution >= 0.6 is 0 Å². The van der Waals surface area contributed by atoms with E-state index in [-0.39, 0.29) is 13.0 Å². The number of carboxylic acids is 1. The van der Waals surface area contributed by atoms with E-state index in [0.717, 1.165) is 34.6 Å². The van der Waals surface area contributed by atoms with E-state index < -0.39 is 39.3 Å². The number of aliphatic carboxylic acids is 1. The third-order valence-electron chi connectivity index (χ3n) is 6.36. The Bertz CT molecular complexity index is 1630. The van der Waals surface area contributed by atoms with Crippen molar-refractivity contribution in [2.75, 3.05) is 0 Å². The molecule has 2 heterocycles. The van der Waals surface area contributed by atoms with Crippen molar-refractivity contribution in [2.24, 2.45) is 0 Å². The number of carbonyl (C=O) groups is 3. The molecule has 1 fully saturated rings. The zero-order valence-electron chi connectivity index (χ0n) is 22.5. The van der Waals surface area contributed by atoms with Crippen molar-refractivity contribution in [1.29, 1.82) is 0 Å². The number of aromatic amines is 1. The number of hydrogen-bond acceptors (Lipinski definition) is 7. The van der Waals surface area contributed by atoms with Gasteiger partial charge in [0.25, 0.3) is 5.97 Å². The first kappa shape index (κ1) is 29.3. The first-order valence-corrected chi connectivity index (χ1v) is 14.3. The quantitative estimate of drug-likeness (QED) is 0.255. The third-order valence-corrected chi connectivity index (χ3v) is 8.05. The van der Waals surface area contributed by atoms with Crippen molar-refractivity contribution in [2.45, 2.75) is 44.6 Å². The highest BCUT2D eigenvalue weighted by Crippen LogP contribution is 2.33. The third kappa shape index (κ3) is 7.70. The molecule has 1 aromatic heterocycles. The molecular formula is C29H30N4O7S. The lowest BCUT2D eigenvalue weighted by molar-refractivity contribution is -0.134. The molecule has 12 heteroatoms. The van der Waals surface area contributed by atoms with Gasteiger partial charge in [0, 0.05) is 13.3 Å². The van der Waals surface area contributed by atoms with Gasteiger partial charge in [0.15, 0.2) is 0 Å². The van der Waals surface area contributed by atoms with E-state index in [1.54, 1.807) is 6.07 Å². The largest absolute Gasteiger partial charge is 0.481 e. The summed E-state index contributed by atoms with van der Waals surface area (Å²) in [4.78, 5) is 41.3. The first-order valence-electron chi connectivity index (χ1n) is 12.8. The summed E-state index contributed by atoms with van der Waals surface area (Å²) in [6.07, 6.45) is -0.293. The fourth-order valence-electron chi connectivity index (χ4n) is 4.55. The van der Waals surface area contributed by atoms with E-state index in [2.05, 4.69) is 20.0 Å². The maximum absolute atomic E-state index is 12.7. The molecule has 4 N–H and O–H groups in total. The molecule has 1 saturated heterocycles. The van der Waals surface area contributed by atoms with Crippen LogP contribution in [-0.2, 0) is 37.4 Å². The van der Waals surface area contributed by atoms with Gasteiger partial charge in [-0.25, -0.2) is 18.2 Å². The predicted octanol–water partition coefficient (Wildman–Crippen LogP) is 4.06. The molecule has 11 nitrogen and oxygen atoms in total. The number of para-hydroxylation sites is 2. The average molecular weight is 579 g/mol. The number of ether oxygens (including phenoxy) is 1. The Morgan fingerprint density at radius 3 is 2.39 bits per heavy atom. The fourth-order valence-corrected chi connectivity index (χ4v) is 6.06. The summed E-state index contributed by atoms with van der Waals surface area (Å²) < 4.78 is 32.2. The number of aromatic nitrogens is 2. The van der Waals surface area contributed by atoms with Crippen LogP contribution in [0.25, 0.3) is 11.0 Å². The number of fused-ring (bicyclic) bond motifs is 1. The minimum absolute atomic E-state index is 0.0983. The second-order valence-electron chi connectivity index (χ2n) is 9.57. The molecule has 41 heavy (non-hydrogen) atoms. The van der Waals surface area contributed by atoms with Gasteiger partial charge in [-0.1, -0.05) is 60.7 Å². The highest BCUT2D eigenvalue weighted by molar-refractivity contribution is 7.90. The molecule has 0 saturated carbocycles. The van der Waals surface area contributed by atoms with Gasteiger partial charge in [0.1, 0.15) is 17.7 Å². The summed E-state index contributed by atoms with van der Waals surface area (Å²) in [7, 11) is -3.74. The Hall–Kier alpha value is -4.71. The zero-order chi connectivity index (χ0) is 29.6. The van der Waals surface area contributed by atoms with E-state index in [4.69, 9.17) is 14.6 Å². The van der Waals surface area contributed by atoms with Crippen LogP contribution in [0.5, 0.6) is 0 Å². The van der Waals surface area contributed by atoms with E-state index >= 15 is 0 Å². The number of hydrogen-bond donors (Lipinski definition) is 4. The number of nitrogens with zero attached hydrogens (tertiary/aromatic N) is 1. The Morgan fingerprint density at radius 1 is 1.07 bits per heavy atom. The molecular weight excluding hydrogens is 548 g/mol. The lowest BCUT2D eigenvalue weighted by Gasteiger charge is -2.18. The van der Waals surface area contributed by atoms with E-state index in [1.165, 1.54) is 0 Å². The van der Waals surface area contributed by atoms with Gasteiger partial charge in [-0.05, 0) is 41.3 Å². The second-order valence-corrected chi connectivity index (χ2v) is 11.4. The summed E-state index contributed by atoms with van der Waals surface area (Å²) in [6.45, 7) is 3.03. The van der Waals surface area contributed by atoms with Gasteiger partial charge in [0.05, 0.1) is 23.5 Å². The fraction of sp³-hybridized carbons (Fsp3) is 0.241. The SMILES string of the molecule is CC(=O)O.Cc1cc(C[C@H](NC(=O)OCc2ccccc2)c2nc3ccccc3[nH]2)ccc1C1CC(=O)NS1(=O)=O. The number of amides is 2. The highest BCUT2D eigenvalue weighted by Gasteiger charge is 2.38. The molecule has 1 unspecified atom stereocenters. The van der Waals surface area contributed by atoms with Crippen LogP contribution in [0.2, 0.25) is 0 Å². The number of carboxylic acid groups (broad SMARTS) is 1. The summed E-state index contributed by atoms with van der Waals surface area (Å²) >= 11 is 0. The van der Waals surface area contributed by atoms with E-state index in [0.29, 0.717) is 17.8 Å². The summed E-state index contributed by atoms with van der Waals surface area (Å²) in [5.74, 6) is -0.760.